The Morgan fingerprint density at radius 3 is 2.48 bits per heavy atom. The quantitative estimate of drug-likeness (QED) is 0.736. The maximum absolute atomic E-state index is 13.9. The van der Waals surface area contributed by atoms with Gasteiger partial charge in [-0.05, 0) is 36.2 Å². The summed E-state index contributed by atoms with van der Waals surface area (Å²) in [6, 6.07) is 7.56. The smallest absolute Gasteiger partial charge is 0.224 e. The van der Waals surface area contributed by atoms with E-state index in [0.717, 1.165) is 18.2 Å². The second-order valence-corrected chi connectivity index (χ2v) is 5.28. The predicted molar refractivity (Wildman–Crippen MR) is 87.1 cm³/mol. The molecule has 0 unspecified atom stereocenters. The van der Waals surface area contributed by atoms with Crippen molar-refractivity contribution in [2.24, 2.45) is 0 Å². The zero-order valence-electron chi connectivity index (χ0n) is 13.7. The first-order chi connectivity index (χ1) is 12.0. The fourth-order valence-electron chi connectivity index (χ4n) is 2.11. The van der Waals surface area contributed by atoms with E-state index in [0.29, 0.717) is 12.2 Å². The van der Waals surface area contributed by atoms with Crippen molar-refractivity contribution >= 4 is 11.6 Å². The Hall–Kier alpha value is -2.54. The number of hydrogen-bond donors (Lipinski definition) is 1. The largest absolute Gasteiger partial charge is 0.488 e. The van der Waals surface area contributed by atoms with Crippen molar-refractivity contribution in [2.75, 3.05) is 25.6 Å². The number of halogens is 3. The molecule has 0 fully saturated rings. The molecule has 0 saturated heterocycles. The molecule has 2 aromatic rings. The van der Waals surface area contributed by atoms with Crippen LogP contribution in [-0.4, -0.2) is 26.2 Å². The van der Waals surface area contributed by atoms with Gasteiger partial charge in [-0.15, -0.1) is 0 Å². The molecule has 0 aliphatic rings. The highest BCUT2D eigenvalue weighted by molar-refractivity contribution is 5.90. The molecule has 1 amide bonds. The highest BCUT2D eigenvalue weighted by atomic mass is 19.2. The summed E-state index contributed by atoms with van der Waals surface area (Å²) in [5.41, 5.74) is 0.786. The second-order valence-electron chi connectivity index (χ2n) is 5.28. The lowest BCUT2D eigenvalue weighted by Crippen LogP contribution is -2.13. The molecule has 2 rings (SSSR count). The van der Waals surface area contributed by atoms with Gasteiger partial charge < -0.3 is 14.8 Å². The van der Waals surface area contributed by atoms with E-state index in [1.807, 2.05) is 0 Å². The minimum absolute atomic E-state index is 0.0543. The molecule has 0 aliphatic heterocycles. The number of carbonyl (C=O) groups excluding carboxylic acids is 1. The van der Waals surface area contributed by atoms with Gasteiger partial charge in [-0.25, -0.2) is 13.2 Å². The zero-order valence-corrected chi connectivity index (χ0v) is 13.7. The van der Waals surface area contributed by atoms with Gasteiger partial charge in [0.2, 0.25) is 5.91 Å². The summed E-state index contributed by atoms with van der Waals surface area (Å²) < 4.78 is 49.8. The summed E-state index contributed by atoms with van der Waals surface area (Å²) in [4.78, 5) is 11.9. The number of benzene rings is 2. The van der Waals surface area contributed by atoms with E-state index in [4.69, 9.17) is 9.47 Å². The maximum atomic E-state index is 13.9. The van der Waals surface area contributed by atoms with Gasteiger partial charge >= 0.3 is 0 Å². The first-order valence-electron chi connectivity index (χ1n) is 7.64. The summed E-state index contributed by atoms with van der Waals surface area (Å²) in [5.74, 6) is -2.79. The number of methoxy groups -OCH3 is 1. The Balaban J connectivity index is 1.87. The number of anilines is 1. The Morgan fingerprint density at radius 2 is 1.80 bits per heavy atom. The Kier molecular flexibility index (Phi) is 6.82. The van der Waals surface area contributed by atoms with Gasteiger partial charge in [-0.1, -0.05) is 6.07 Å². The van der Waals surface area contributed by atoms with Crippen LogP contribution in [0.5, 0.6) is 5.75 Å². The van der Waals surface area contributed by atoms with Gasteiger partial charge in [0.25, 0.3) is 0 Å². The van der Waals surface area contributed by atoms with E-state index in [1.165, 1.54) is 25.3 Å². The van der Waals surface area contributed by atoms with Gasteiger partial charge in [0.1, 0.15) is 6.61 Å². The third kappa shape index (κ3) is 5.79. The van der Waals surface area contributed by atoms with Crippen LogP contribution in [0.3, 0.4) is 0 Å². The lowest BCUT2D eigenvalue weighted by Gasteiger charge is -2.09. The third-order valence-electron chi connectivity index (χ3n) is 3.39. The van der Waals surface area contributed by atoms with E-state index in [1.54, 1.807) is 0 Å². The SMILES string of the molecule is COCCOc1ccc(NC(=O)CCc2ccc(F)c(F)c2)cc1F. The summed E-state index contributed by atoms with van der Waals surface area (Å²) in [6.45, 7) is 0.551. The minimum Gasteiger partial charge on any atom is -0.488 e. The Labute approximate surface area is 143 Å². The number of hydrogen-bond acceptors (Lipinski definition) is 3. The van der Waals surface area contributed by atoms with E-state index < -0.39 is 17.5 Å². The molecule has 0 atom stereocenters. The number of rotatable bonds is 8. The van der Waals surface area contributed by atoms with Crippen molar-refractivity contribution < 1.29 is 27.4 Å². The van der Waals surface area contributed by atoms with Crippen LogP contribution in [0.4, 0.5) is 18.9 Å². The Morgan fingerprint density at radius 1 is 1.00 bits per heavy atom. The molecule has 0 heterocycles. The van der Waals surface area contributed by atoms with Crippen molar-refractivity contribution in [2.45, 2.75) is 12.8 Å². The third-order valence-corrected chi connectivity index (χ3v) is 3.39. The molecule has 0 aromatic heterocycles. The summed E-state index contributed by atoms with van der Waals surface area (Å²) in [7, 11) is 1.51. The molecule has 2 aromatic carbocycles. The monoisotopic (exact) mass is 353 g/mol. The first-order valence-corrected chi connectivity index (χ1v) is 7.64. The van der Waals surface area contributed by atoms with Gasteiger partial charge in [0.05, 0.1) is 6.61 Å². The number of amides is 1. The molecule has 25 heavy (non-hydrogen) atoms. The summed E-state index contributed by atoms with van der Waals surface area (Å²) in [5, 5.41) is 2.55. The molecule has 134 valence electrons. The van der Waals surface area contributed by atoms with E-state index in [2.05, 4.69) is 5.32 Å². The molecule has 4 nitrogen and oxygen atoms in total. The van der Waals surface area contributed by atoms with Gasteiger partial charge in [0.15, 0.2) is 23.2 Å². The topological polar surface area (TPSA) is 47.6 Å². The van der Waals surface area contributed by atoms with Crippen LogP contribution >= 0.6 is 0 Å². The standard InChI is InChI=1S/C18H18F3NO3/c1-24-8-9-25-17-6-4-13(11-16(17)21)22-18(23)7-3-12-2-5-14(19)15(20)10-12/h2,4-6,10-11H,3,7-9H2,1H3,(H,22,23). The number of aryl methyl sites for hydroxylation is 1. The molecule has 0 bridgehead atoms. The van der Waals surface area contributed by atoms with E-state index >= 15 is 0 Å². The normalized spacial score (nSPS) is 10.6. The molecule has 0 saturated carbocycles. The van der Waals surface area contributed by atoms with Crippen molar-refractivity contribution in [3.05, 3.63) is 59.4 Å². The minimum atomic E-state index is -0.955. The van der Waals surface area contributed by atoms with Crippen LogP contribution in [0.2, 0.25) is 0 Å². The number of ether oxygens (including phenoxy) is 2. The average molecular weight is 353 g/mol. The predicted octanol–water partition coefficient (Wildman–Crippen LogP) is 3.70. The van der Waals surface area contributed by atoms with Crippen LogP contribution in [0.1, 0.15) is 12.0 Å². The number of carbonyl (C=O) groups is 1. The summed E-state index contributed by atoms with van der Waals surface area (Å²) >= 11 is 0. The van der Waals surface area contributed by atoms with Crippen LogP contribution in [-0.2, 0) is 16.0 Å². The van der Waals surface area contributed by atoms with E-state index in [9.17, 15) is 18.0 Å². The van der Waals surface area contributed by atoms with Crippen LogP contribution in [0, 0.1) is 17.5 Å². The lowest BCUT2D eigenvalue weighted by atomic mass is 10.1. The van der Waals surface area contributed by atoms with Crippen LogP contribution < -0.4 is 10.1 Å². The average Bonchev–Trinajstić information content (AvgIpc) is 2.58. The molecular weight excluding hydrogens is 335 g/mol. The van der Waals surface area contributed by atoms with Gasteiger partial charge in [-0.3, -0.25) is 4.79 Å². The van der Waals surface area contributed by atoms with Crippen molar-refractivity contribution in [3.63, 3.8) is 0 Å². The molecule has 7 heteroatoms. The number of nitrogens with one attached hydrogen (secondary N) is 1. The lowest BCUT2D eigenvalue weighted by molar-refractivity contribution is -0.116. The fourth-order valence-corrected chi connectivity index (χ4v) is 2.11. The second kappa shape index (κ2) is 9.08. The van der Waals surface area contributed by atoms with E-state index in [-0.39, 0.29) is 36.8 Å². The zero-order chi connectivity index (χ0) is 18.2. The Bertz CT molecular complexity index is 738. The highest BCUT2D eigenvalue weighted by Gasteiger charge is 2.09. The molecule has 0 aliphatic carbocycles. The molecule has 0 spiro atoms. The van der Waals surface area contributed by atoms with Crippen molar-refractivity contribution in [1.82, 2.24) is 0 Å². The van der Waals surface area contributed by atoms with Crippen LogP contribution in [0.15, 0.2) is 36.4 Å². The van der Waals surface area contributed by atoms with Crippen molar-refractivity contribution in [1.29, 1.82) is 0 Å². The van der Waals surface area contributed by atoms with Crippen LogP contribution in [0.25, 0.3) is 0 Å². The highest BCUT2D eigenvalue weighted by Crippen LogP contribution is 2.21. The molecular formula is C18H18F3NO3. The first kappa shape index (κ1) is 18.8. The fraction of sp³-hybridized carbons (Fsp3) is 0.278. The maximum Gasteiger partial charge on any atom is 0.224 e. The van der Waals surface area contributed by atoms with Crippen molar-refractivity contribution in [3.8, 4) is 5.75 Å². The molecule has 0 radical (unpaired) electrons. The van der Waals surface area contributed by atoms with Gasteiger partial charge in [-0.2, -0.15) is 0 Å². The summed E-state index contributed by atoms with van der Waals surface area (Å²) in [6.07, 6.45) is 0.294. The van der Waals surface area contributed by atoms with Gasteiger partial charge in [0, 0.05) is 25.3 Å². The molecule has 1 N–H and O–H groups in total.